The lowest BCUT2D eigenvalue weighted by atomic mass is 9.92. The van der Waals surface area contributed by atoms with Gasteiger partial charge in [-0.25, -0.2) is 4.98 Å². The number of hydrogen-bond acceptors (Lipinski definition) is 5. The van der Waals surface area contributed by atoms with Crippen molar-refractivity contribution in [2.24, 2.45) is 0 Å². The standard InChI is InChI=1S/C26H21BCl2N2O4/c1-4-20(32)23-22(31-25(33)26(2,3)34)18-12-17(13-5-8-15(28)9-6-13)21(30-24(18)35-23)16-10-7-14(27)11-19(16)29/h5-12,34H,4H2,1-3H3,(H,31,33). The maximum Gasteiger partial charge on any atom is 0.255 e. The van der Waals surface area contributed by atoms with Gasteiger partial charge in [0.05, 0.1) is 11.1 Å². The molecule has 0 saturated carbocycles. The molecule has 176 valence electrons. The van der Waals surface area contributed by atoms with Crippen molar-refractivity contribution in [3.63, 3.8) is 0 Å². The Balaban J connectivity index is 2.04. The number of fused-ring (bicyclic) bond motifs is 1. The van der Waals surface area contributed by atoms with Gasteiger partial charge < -0.3 is 14.8 Å². The molecule has 6 nitrogen and oxygen atoms in total. The van der Waals surface area contributed by atoms with Crippen molar-refractivity contribution in [2.75, 3.05) is 5.32 Å². The number of amides is 1. The lowest BCUT2D eigenvalue weighted by Gasteiger charge is -2.17. The third-order valence-corrected chi connectivity index (χ3v) is 6.02. The number of aromatic nitrogens is 1. The molecule has 0 unspecified atom stereocenters. The number of nitrogens with one attached hydrogen (secondary N) is 1. The monoisotopic (exact) mass is 506 g/mol. The molecule has 0 aliphatic heterocycles. The first-order valence-corrected chi connectivity index (χ1v) is 11.6. The van der Waals surface area contributed by atoms with Gasteiger partial charge >= 0.3 is 0 Å². The molecule has 2 aromatic heterocycles. The first kappa shape index (κ1) is 25.0. The minimum Gasteiger partial charge on any atom is -0.432 e. The van der Waals surface area contributed by atoms with E-state index in [4.69, 9.17) is 40.4 Å². The number of furan rings is 1. The van der Waals surface area contributed by atoms with Crippen molar-refractivity contribution in [1.82, 2.24) is 4.98 Å². The number of aliphatic hydroxyl groups is 1. The van der Waals surface area contributed by atoms with E-state index >= 15 is 0 Å². The molecule has 0 bridgehead atoms. The van der Waals surface area contributed by atoms with Crippen LogP contribution in [0.1, 0.15) is 37.7 Å². The molecule has 4 aromatic rings. The number of carbonyl (C=O) groups is 2. The highest BCUT2D eigenvalue weighted by Gasteiger charge is 2.29. The summed E-state index contributed by atoms with van der Waals surface area (Å²) in [5, 5.41) is 14.2. The zero-order chi connectivity index (χ0) is 25.5. The number of Topliss-reactive ketones (excluding diaryl/α,β-unsaturated/α-hetero) is 1. The van der Waals surface area contributed by atoms with E-state index in [2.05, 4.69) is 5.32 Å². The maximum atomic E-state index is 12.7. The molecule has 2 N–H and O–H groups in total. The Kier molecular flexibility index (Phi) is 6.78. The minimum atomic E-state index is -1.68. The van der Waals surface area contributed by atoms with Crippen LogP contribution in [-0.4, -0.2) is 35.2 Å². The normalized spacial score (nSPS) is 11.6. The Morgan fingerprint density at radius 1 is 1.09 bits per heavy atom. The van der Waals surface area contributed by atoms with E-state index in [9.17, 15) is 14.7 Å². The fourth-order valence-electron chi connectivity index (χ4n) is 3.55. The quantitative estimate of drug-likeness (QED) is 0.263. The van der Waals surface area contributed by atoms with Gasteiger partial charge in [0.25, 0.3) is 5.91 Å². The van der Waals surface area contributed by atoms with Crippen LogP contribution in [-0.2, 0) is 4.79 Å². The summed E-state index contributed by atoms with van der Waals surface area (Å²) in [7, 11) is 5.88. The maximum absolute atomic E-state index is 12.7. The van der Waals surface area contributed by atoms with Crippen LogP contribution in [0.4, 0.5) is 5.69 Å². The number of nitrogens with zero attached hydrogens (tertiary/aromatic N) is 1. The Hall–Kier alpha value is -3.13. The number of hydrogen-bond donors (Lipinski definition) is 2. The Morgan fingerprint density at radius 2 is 1.77 bits per heavy atom. The van der Waals surface area contributed by atoms with E-state index in [0.717, 1.165) is 5.56 Å². The molecule has 0 saturated heterocycles. The van der Waals surface area contributed by atoms with Crippen LogP contribution in [0, 0.1) is 0 Å². The summed E-state index contributed by atoms with van der Waals surface area (Å²) in [4.78, 5) is 30.0. The first-order chi connectivity index (χ1) is 16.5. The zero-order valence-electron chi connectivity index (χ0n) is 19.3. The molecule has 0 aliphatic carbocycles. The summed E-state index contributed by atoms with van der Waals surface area (Å²) in [6.45, 7) is 4.39. The van der Waals surface area contributed by atoms with E-state index in [-0.39, 0.29) is 29.4 Å². The Bertz CT molecular complexity index is 1460. The van der Waals surface area contributed by atoms with Crippen molar-refractivity contribution < 1.29 is 19.1 Å². The highest BCUT2D eigenvalue weighted by molar-refractivity contribution is 6.38. The lowest BCUT2D eigenvalue weighted by Crippen LogP contribution is -2.37. The van der Waals surface area contributed by atoms with Gasteiger partial charge in [-0.15, -0.1) is 0 Å². The lowest BCUT2D eigenvalue weighted by molar-refractivity contribution is -0.130. The summed E-state index contributed by atoms with van der Waals surface area (Å²) < 4.78 is 5.86. The molecule has 2 heterocycles. The summed E-state index contributed by atoms with van der Waals surface area (Å²) in [6.07, 6.45) is 0.145. The molecule has 1 amide bonds. The van der Waals surface area contributed by atoms with Crippen LogP contribution in [0.3, 0.4) is 0 Å². The van der Waals surface area contributed by atoms with Gasteiger partial charge in [0, 0.05) is 27.6 Å². The van der Waals surface area contributed by atoms with Crippen molar-refractivity contribution in [2.45, 2.75) is 32.8 Å². The van der Waals surface area contributed by atoms with Gasteiger partial charge in [-0.2, -0.15) is 0 Å². The number of anilines is 1. The SMILES string of the molecule is [B]c1ccc(-c2nc3oc(C(=O)CC)c(NC(=O)C(C)(C)O)c3cc2-c2ccc(Cl)cc2)c(Cl)c1. The fraction of sp³-hybridized carbons (Fsp3) is 0.192. The average Bonchev–Trinajstić information content (AvgIpc) is 3.15. The number of pyridine rings is 1. The minimum absolute atomic E-state index is 0.0461. The second-order valence-electron chi connectivity index (χ2n) is 8.58. The van der Waals surface area contributed by atoms with Gasteiger partial charge in [-0.05, 0) is 43.7 Å². The number of rotatable bonds is 6. The molecule has 0 fully saturated rings. The molecular formula is C26H21BCl2N2O4. The van der Waals surface area contributed by atoms with Crippen molar-refractivity contribution in [3.05, 3.63) is 64.3 Å². The Labute approximate surface area is 213 Å². The van der Waals surface area contributed by atoms with Crippen LogP contribution in [0.25, 0.3) is 33.5 Å². The summed E-state index contributed by atoms with van der Waals surface area (Å²) in [5.41, 5.74) is 1.64. The van der Waals surface area contributed by atoms with Gasteiger partial charge in [-0.3, -0.25) is 9.59 Å². The van der Waals surface area contributed by atoms with E-state index in [1.165, 1.54) is 13.8 Å². The second kappa shape index (κ2) is 9.49. The van der Waals surface area contributed by atoms with Crippen LogP contribution in [0.5, 0.6) is 0 Å². The van der Waals surface area contributed by atoms with Crippen LogP contribution in [0.2, 0.25) is 10.0 Å². The molecule has 35 heavy (non-hydrogen) atoms. The number of halogens is 2. The van der Waals surface area contributed by atoms with Gasteiger partial charge in [-0.1, -0.05) is 59.9 Å². The molecular weight excluding hydrogens is 486 g/mol. The van der Waals surface area contributed by atoms with Crippen molar-refractivity contribution >= 4 is 65.0 Å². The van der Waals surface area contributed by atoms with Crippen LogP contribution >= 0.6 is 23.2 Å². The number of carbonyl (C=O) groups excluding carboxylic acids is 2. The average molecular weight is 507 g/mol. The Morgan fingerprint density at radius 3 is 2.37 bits per heavy atom. The summed E-state index contributed by atoms with van der Waals surface area (Å²) in [6, 6.07) is 14.0. The zero-order valence-corrected chi connectivity index (χ0v) is 20.8. The predicted octanol–water partition coefficient (Wildman–Crippen LogP) is 5.56. The van der Waals surface area contributed by atoms with Crippen LogP contribution in [0.15, 0.2) is 52.9 Å². The molecule has 2 aromatic carbocycles. The van der Waals surface area contributed by atoms with E-state index in [1.54, 1.807) is 43.3 Å². The molecule has 9 heteroatoms. The van der Waals surface area contributed by atoms with Gasteiger partial charge in [0.15, 0.2) is 11.5 Å². The largest absolute Gasteiger partial charge is 0.432 e. The molecule has 0 spiro atoms. The topological polar surface area (TPSA) is 92.4 Å². The van der Waals surface area contributed by atoms with Crippen LogP contribution < -0.4 is 10.8 Å². The van der Waals surface area contributed by atoms with Gasteiger partial charge in [0.2, 0.25) is 5.71 Å². The fourth-order valence-corrected chi connectivity index (χ4v) is 3.95. The predicted molar refractivity (Wildman–Crippen MR) is 140 cm³/mol. The smallest absolute Gasteiger partial charge is 0.255 e. The first-order valence-electron chi connectivity index (χ1n) is 10.9. The molecule has 0 aliphatic rings. The van der Waals surface area contributed by atoms with Crippen molar-refractivity contribution in [1.29, 1.82) is 0 Å². The summed E-state index contributed by atoms with van der Waals surface area (Å²) in [5.74, 6) is -1.06. The molecule has 0 atom stereocenters. The van der Waals surface area contributed by atoms with Crippen molar-refractivity contribution in [3.8, 4) is 22.4 Å². The van der Waals surface area contributed by atoms with E-state index < -0.39 is 11.5 Å². The summed E-state index contributed by atoms with van der Waals surface area (Å²) >= 11 is 12.6. The number of ketones is 1. The highest BCUT2D eigenvalue weighted by Crippen LogP contribution is 2.40. The third-order valence-electron chi connectivity index (χ3n) is 5.45. The van der Waals surface area contributed by atoms with E-state index in [1.807, 2.05) is 12.1 Å². The third kappa shape index (κ3) is 4.98. The molecule has 2 radical (unpaired) electrons. The van der Waals surface area contributed by atoms with E-state index in [0.29, 0.717) is 37.7 Å². The highest BCUT2D eigenvalue weighted by atomic mass is 35.5. The number of benzene rings is 2. The van der Waals surface area contributed by atoms with Gasteiger partial charge in [0.1, 0.15) is 19.1 Å². The molecule has 4 rings (SSSR count). The second-order valence-corrected chi connectivity index (χ2v) is 9.42.